The lowest BCUT2D eigenvalue weighted by Crippen LogP contribution is -2.28. The fourth-order valence-electron chi connectivity index (χ4n) is 1.89. The summed E-state index contributed by atoms with van der Waals surface area (Å²) >= 11 is 3.10. The van der Waals surface area contributed by atoms with E-state index in [0.717, 1.165) is 13.1 Å². The number of hydrogen-bond donors (Lipinski definition) is 1. The molecule has 1 aromatic rings. The zero-order chi connectivity index (χ0) is 13.7. The van der Waals surface area contributed by atoms with Crippen molar-refractivity contribution in [3.8, 4) is 0 Å². The molecular formula is C14H20BrF2N. The summed E-state index contributed by atoms with van der Waals surface area (Å²) in [5.74, 6) is -0.333. The predicted molar refractivity (Wildman–Crippen MR) is 74.6 cm³/mol. The van der Waals surface area contributed by atoms with Gasteiger partial charge in [-0.3, -0.25) is 0 Å². The molecule has 0 radical (unpaired) electrons. The number of rotatable bonds is 6. The van der Waals surface area contributed by atoms with Crippen molar-refractivity contribution in [3.05, 3.63) is 33.8 Å². The zero-order valence-corrected chi connectivity index (χ0v) is 12.7. The van der Waals surface area contributed by atoms with Crippen molar-refractivity contribution >= 4 is 15.9 Å². The second-order valence-corrected chi connectivity index (χ2v) is 5.69. The molecule has 18 heavy (non-hydrogen) atoms. The smallest absolute Gasteiger partial charge is 0.143 e. The highest BCUT2D eigenvalue weighted by Gasteiger charge is 2.19. The third-order valence-electron chi connectivity index (χ3n) is 3.20. The molecule has 1 aromatic carbocycles. The molecule has 0 heterocycles. The van der Waals surface area contributed by atoms with Crippen LogP contribution in [0.2, 0.25) is 0 Å². The molecule has 4 heteroatoms. The molecule has 0 aromatic heterocycles. The van der Waals surface area contributed by atoms with Crippen molar-refractivity contribution in [1.82, 2.24) is 5.32 Å². The standard InChI is InChI=1S/C14H20BrF2N/c1-4-18-8-10(9(2)3)7-11-13(16)6-5-12(15)14(11)17/h5-6,9-10,18H,4,7-8H2,1-3H3. The maximum absolute atomic E-state index is 13.9. The first-order valence-electron chi connectivity index (χ1n) is 6.30. The van der Waals surface area contributed by atoms with E-state index in [1.165, 1.54) is 12.1 Å². The summed E-state index contributed by atoms with van der Waals surface area (Å²) in [7, 11) is 0. The van der Waals surface area contributed by atoms with Crippen molar-refractivity contribution < 1.29 is 8.78 Å². The first kappa shape index (κ1) is 15.6. The number of halogens is 3. The lowest BCUT2D eigenvalue weighted by molar-refractivity contribution is 0.353. The molecule has 1 nitrogen and oxygen atoms in total. The van der Waals surface area contributed by atoms with Crippen LogP contribution in [0.15, 0.2) is 16.6 Å². The van der Waals surface area contributed by atoms with Crippen LogP contribution in [0.25, 0.3) is 0 Å². The molecule has 0 aliphatic heterocycles. The molecule has 0 bridgehead atoms. The molecule has 1 unspecified atom stereocenters. The lowest BCUT2D eigenvalue weighted by atomic mass is 9.88. The van der Waals surface area contributed by atoms with Crippen LogP contribution in [0.5, 0.6) is 0 Å². The van der Waals surface area contributed by atoms with Gasteiger partial charge in [0.05, 0.1) is 4.47 Å². The van der Waals surface area contributed by atoms with Crippen molar-refractivity contribution in [3.63, 3.8) is 0 Å². The van der Waals surface area contributed by atoms with Crippen molar-refractivity contribution in [2.24, 2.45) is 11.8 Å². The van der Waals surface area contributed by atoms with Crippen LogP contribution in [0.1, 0.15) is 26.3 Å². The Hall–Kier alpha value is -0.480. The van der Waals surface area contributed by atoms with Crippen LogP contribution in [-0.4, -0.2) is 13.1 Å². The lowest BCUT2D eigenvalue weighted by Gasteiger charge is -2.22. The SMILES string of the molecule is CCNCC(Cc1c(F)ccc(Br)c1F)C(C)C. The molecule has 1 atom stereocenters. The van der Waals surface area contributed by atoms with Crippen LogP contribution in [0.3, 0.4) is 0 Å². The van der Waals surface area contributed by atoms with Gasteiger partial charge < -0.3 is 5.32 Å². The molecule has 0 fully saturated rings. The molecular weight excluding hydrogens is 300 g/mol. The van der Waals surface area contributed by atoms with E-state index in [1.54, 1.807) is 0 Å². The van der Waals surface area contributed by atoms with Crippen molar-refractivity contribution in [2.45, 2.75) is 27.2 Å². The van der Waals surface area contributed by atoms with E-state index in [9.17, 15) is 8.78 Å². The maximum Gasteiger partial charge on any atom is 0.143 e. The summed E-state index contributed by atoms with van der Waals surface area (Å²) < 4.78 is 27.9. The van der Waals surface area contributed by atoms with Gasteiger partial charge in [0.2, 0.25) is 0 Å². The number of nitrogens with one attached hydrogen (secondary N) is 1. The average Bonchev–Trinajstić information content (AvgIpc) is 2.33. The van der Waals surface area contributed by atoms with Gasteiger partial charge in [-0.2, -0.15) is 0 Å². The Labute approximate surface area is 116 Å². The van der Waals surface area contributed by atoms with Gasteiger partial charge in [0.1, 0.15) is 11.6 Å². The molecule has 0 aliphatic rings. The van der Waals surface area contributed by atoms with Crippen LogP contribution >= 0.6 is 15.9 Å². The molecule has 102 valence electrons. The van der Waals surface area contributed by atoms with Gasteiger partial charge in [-0.1, -0.05) is 20.8 Å². The Balaban J connectivity index is 2.89. The third-order valence-corrected chi connectivity index (χ3v) is 3.82. The fourth-order valence-corrected chi connectivity index (χ4v) is 2.26. The Morgan fingerprint density at radius 1 is 1.28 bits per heavy atom. The molecule has 0 spiro atoms. The van der Waals surface area contributed by atoms with Gasteiger partial charge in [0, 0.05) is 5.56 Å². The van der Waals surface area contributed by atoms with Crippen LogP contribution in [-0.2, 0) is 6.42 Å². The van der Waals surface area contributed by atoms with Crippen LogP contribution in [0, 0.1) is 23.5 Å². The van der Waals surface area contributed by atoms with Crippen molar-refractivity contribution in [1.29, 1.82) is 0 Å². The zero-order valence-electron chi connectivity index (χ0n) is 11.1. The number of benzene rings is 1. The number of hydrogen-bond acceptors (Lipinski definition) is 1. The van der Waals surface area contributed by atoms with Gasteiger partial charge >= 0.3 is 0 Å². The minimum Gasteiger partial charge on any atom is -0.317 e. The topological polar surface area (TPSA) is 12.0 Å². The van der Waals surface area contributed by atoms with E-state index in [2.05, 4.69) is 35.1 Å². The van der Waals surface area contributed by atoms with Gasteiger partial charge in [0.25, 0.3) is 0 Å². The van der Waals surface area contributed by atoms with E-state index in [-0.39, 0.29) is 11.5 Å². The van der Waals surface area contributed by atoms with Gasteiger partial charge in [0.15, 0.2) is 0 Å². The van der Waals surface area contributed by atoms with E-state index in [0.29, 0.717) is 16.8 Å². The molecule has 1 N–H and O–H groups in total. The minimum absolute atomic E-state index is 0.181. The van der Waals surface area contributed by atoms with Gasteiger partial charge in [-0.25, -0.2) is 8.78 Å². The molecule has 0 aliphatic carbocycles. The Bertz CT molecular complexity index is 394. The first-order chi connectivity index (χ1) is 8.47. The molecule has 0 amide bonds. The molecule has 1 rings (SSSR count). The maximum atomic E-state index is 13.9. The highest BCUT2D eigenvalue weighted by molar-refractivity contribution is 9.10. The Morgan fingerprint density at radius 2 is 1.94 bits per heavy atom. The van der Waals surface area contributed by atoms with Crippen LogP contribution < -0.4 is 5.32 Å². The fraction of sp³-hybridized carbons (Fsp3) is 0.571. The highest BCUT2D eigenvalue weighted by Crippen LogP contribution is 2.26. The second kappa shape index (κ2) is 7.19. The summed E-state index contributed by atoms with van der Waals surface area (Å²) in [6.45, 7) is 7.83. The van der Waals surface area contributed by atoms with E-state index in [4.69, 9.17) is 0 Å². The minimum atomic E-state index is -0.475. The van der Waals surface area contributed by atoms with E-state index in [1.807, 2.05) is 6.92 Å². The first-order valence-corrected chi connectivity index (χ1v) is 7.09. The summed E-state index contributed by atoms with van der Waals surface area (Å²) in [6.07, 6.45) is 0.418. The summed E-state index contributed by atoms with van der Waals surface area (Å²) in [4.78, 5) is 0. The largest absolute Gasteiger partial charge is 0.317 e. The molecule has 0 saturated heterocycles. The quantitative estimate of drug-likeness (QED) is 0.777. The Morgan fingerprint density at radius 3 is 2.50 bits per heavy atom. The summed E-state index contributed by atoms with van der Waals surface area (Å²) in [5.41, 5.74) is 0.181. The monoisotopic (exact) mass is 319 g/mol. The third kappa shape index (κ3) is 4.02. The second-order valence-electron chi connectivity index (χ2n) is 4.84. The van der Waals surface area contributed by atoms with Gasteiger partial charge in [-0.05, 0) is 59.4 Å². The Kier molecular flexibility index (Phi) is 6.22. The van der Waals surface area contributed by atoms with Gasteiger partial charge in [-0.15, -0.1) is 0 Å². The molecule has 0 saturated carbocycles. The summed E-state index contributed by atoms with van der Waals surface area (Å²) in [5, 5.41) is 3.25. The predicted octanol–water partition coefficient (Wildman–Crippen LogP) is 4.15. The van der Waals surface area contributed by atoms with Crippen LogP contribution in [0.4, 0.5) is 8.78 Å². The normalized spacial score (nSPS) is 13.1. The average molecular weight is 320 g/mol. The summed E-state index contributed by atoms with van der Waals surface area (Å²) in [6, 6.07) is 2.72. The van der Waals surface area contributed by atoms with E-state index >= 15 is 0 Å². The van der Waals surface area contributed by atoms with E-state index < -0.39 is 11.6 Å². The highest BCUT2D eigenvalue weighted by atomic mass is 79.9. The van der Waals surface area contributed by atoms with Crippen molar-refractivity contribution in [2.75, 3.05) is 13.1 Å².